The first-order valence-corrected chi connectivity index (χ1v) is 6.87. The summed E-state index contributed by atoms with van der Waals surface area (Å²) in [5, 5.41) is 9.00. The predicted molar refractivity (Wildman–Crippen MR) is 76.0 cm³/mol. The molecular weight excluding hydrogens is 240 g/mol. The first kappa shape index (κ1) is 13.9. The number of nitrogens with zero attached hydrogens (tertiary/aromatic N) is 1. The number of piperidine rings is 1. The van der Waals surface area contributed by atoms with Crippen LogP contribution in [-0.4, -0.2) is 35.1 Å². The molecule has 0 spiro atoms. The molecule has 1 aromatic rings. The summed E-state index contributed by atoms with van der Waals surface area (Å²) < 4.78 is 0. The first-order valence-electron chi connectivity index (χ1n) is 6.87. The Hall–Kier alpha value is -1.55. The van der Waals surface area contributed by atoms with Crippen LogP contribution in [-0.2, 0) is 11.2 Å². The van der Waals surface area contributed by atoms with Crippen LogP contribution >= 0.6 is 0 Å². The zero-order valence-corrected chi connectivity index (χ0v) is 11.4. The lowest BCUT2D eigenvalue weighted by Crippen LogP contribution is -2.42. The highest BCUT2D eigenvalue weighted by atomic mass is 16.4. The molecule has 1 unspecified atom stereocenters. The highest BCUT2D eigenvalue weighted by Crippen LogP contribution is 2.21. The normalized spacial score (nSPS) is 19.2. The molecule has 3 N–H and O–H groups in total. The van der Waals surface area contributed by atoms with Gasteiger partial charge in [0.1, 0.15) is 0 Å². The quantitative estimate of drug-likeness (QED) is 0.814. The van der Waals surface area contributed by atoms with Gasteiger partial charge in [0.25, 0.3) is 0 Å². The number of benzene rings is 1. The van der Waals surface area contributed by atoms with Crippen molar-refractivity contribution in [2.24, 2.45) is 5.92 Å². The third kappa shape index (κ3) is 3.70. The number of carboxylic acids is 1. The van der Waals surface area contributed by atoms with Crippen molar-refractivity contribution in [2.45, 2.75) is 32.2 Å². The molecule has 2 rings (SSSR count). The number of nitrogens with two attached hydrogens (primary N) is 1. The Balaban J connectivity index is 1.88. The third-order valence-electron chi connectivity index (χ3n) is 3.98. The maximum atomic E-state index is 10.9. The second-order valence-corrected chi connectivity index (χ2v) is 5.45. The van der Waals surface area contributed by atoms with Gasteiger partial charge in [0.2, 0.25) is 0 Å². The number of hydrogen-bond donors (Lipinski definition) is 2. The van der Waals surface area contributed by atoms with Crippen molar-refractivity contribution in [1.82, 2.24) is 4.90 Å². The van der Waals surface area contributed by atoms with Crippen LogP contribution in [0.2, 0.25) is 0 Å². The van der Waals surface area contributed by atoms with E-state index in [1.165, 1.54) is 5.56 Å². The van der Waals surface area contributed by atoms with Crippen molar-refractivity contribution in [1.29, 1.82) is 0 Å². The van der Waals surface area contributed by atoms with Crippen molar-refractivity contribution in [3.05, 3.63) is 29.8 Å². The molecule has 0 aromatic heterocycles. The van der Waals surface area contributed by atoms with Gasteiger partial charge in [0.15, 0.2) is 0 Å². The Bertz CT molecular complexity index is 440. The molecule has 1 aliphatic rings. The van der Waals surface area contributed by atoms with E-state index in [-0.39, 0.29) is 5.92 Å². The van der Waals surface area contributed by atoms with E-state index >= 15 is 0 Å². The van der Waals surface area contributed by atoms with Crippen molar-refractivity contribution >= 4 is 11.7 Å². The number of nitrogen functional groups attached to an aromatic ring is 1. The number of aliphatic carboxylic acids is 1. The number of hydrogen-bond acceptors (Lipinski definition) is 3. The van der Waals surface area contributed by atoms with E-state index < -0.39 is 5.97 Å². The van der Waals surface area contributed by atoms with E-state index in [9.17, 15) is 4.79 Å². The topological polar surface area (TPSA) is 66.6 Å². The molecule has 1 aromatic carbocycles. The summed E-state index contributed by atoms with van der Waals surface area (Å²) in [5.74, 6) is -0.807. The van der Waals surface area contributed by atoms with E-state index in [0.717, 1.165) is 38.0 Å². The van der Waals surface area contributed by atoms with E-state index in [1.807, 2.05) is 18.2 Å². The summed E-state index contributed by atoms with van der Waals surface area (Å²) in [4.78, 5) is 13.3. The van der Waals surface area contributed by atoms with Crippen LogP contribution in [0.5, 0.6) is 0 Å². The average molecular weight is 262 g/mol. The molecule has 4 nitrogen and oxygen atoms in total. The van der Waals surface area contributed by atoms with E-state index in [1.54, 1.807) is 0 Å². The monoisotopic (exact) mass is 262 g/mol. The number of likely N-dealkylation sites (tertiary alicyclic amines) is 1. The molecule has 0 radical (unpaired) electrons. The van der Waals surface area contributed by atoms with Crippen molar-refractivity contribution in [2.75, 3.05) is 18.8 Å². The van der Waals surface area contributed by atoms with Crippen LogP contribution in [0, 0.1) is 5.92 Å². The minimum Gasteiger partial charge on any atom is -0.481 e. The summed E-state index contributed by atoms with van der Waals surface area (Å²) >= 11 is 0. The highest BCUT2D eigenvalue weighted by molar-refractivity contribution is 5.70. The van der Waals surface area contributed by atoms with Crippen LogP contribution < -0.4 is 5.73 Å². The lowest BCUT2D eigenvalue weighted by atomic mass is 9.95. The fourth-order valence-electron chi connectivity index (χ4n) is 2.78. The van der Waals surface area contributed by atoms with E-state index in [2.05, 4.69) is 17.9 Å². The van der Waals surface area contributed by atoms with Crippen LogP contribution in [0.15, 0.2) is 24.3 Å². The van der Waals surface area contributed by atoms with Gasteiger partial charge in [-0.2, -0.15) is 0 Å². The maximum Gasteiger partial charge on any atom is 0.306 e. The van der Waals surface area contributed by atoms with Crippen LogP contribution in [0.25, 0.3) is 0 Å². The number of anilines is 1. The molecule has 1 saturated heterocycles. The Morgan fingerprint density at radius 3 is 2.74 bits per heavy atom. The van der Waals surface area contributed by atoms with Gasteiger partial charge in [0.05, 0.1) is 5.92 Å². The highest BCUT2D eigenvalue weighted by Gasteiger charge is 2.26. The Labute approximate surface area is 114 Å². The lowest BCUT2D eigenvalue weighted by molar-refractivity contribution is -0.143. The molecule has 104 valence electrons. The largest absolute Gasteiger partial charge is 0.481 e. The number of carbonyl (C=O) groups is 1. The maximum absolute atomic E-state index is 10.9. The minimum atomic E-state index is -0.650. The van der Waals surface area contributed by atoms with Gasteiger partial charge in [0, 0.05) is 11.7 Å². The van der Waals surface area contributed by atoms with Gasteiger partial charge in [-0.25, -0.2) is 0 Å². The molecule has 1 heterocycles. The fourth-order valence-corrected chi connectivity index (χ4v) is 2.78. The molecule has 1 fully saturated rings. The molecule has 19 heavy (non-hydrogen) atoms. The fraction of sp³-hybridized carbons (Fsp3) is 0.533. The smallest absolute Gasteiger partial charge is 0.306 e. The molecule has 4 heteroatoms. The number of rotatable bonds is 4. The third-order valence-corrected chi connectivity index (χ3v) is 3.98. The van der Waals surface area contributed by atoms with Crippen molar-refractivity contribution in [3.8, 4) is 0 Å². The van der Waals surface area contributed by atoms with Gasteiger partial charge in [-0.1, -0.05) is 12.1 Å². The van der Waals surface area contributed by atoms with Crippen molar-refractivity contribution < 1.29 is 9.90 Å². The van der Waals surface area contributed by atoms with Crippen LogP contribution in [0.4, 0.5) is 5.69 Å². The van der Waals surface area contributed by atoms with Gasteiger partial charge < -0.3 is 15.7 Å². The Kier molecular flexibility index (Phi) is 4.43. The summed E-state index contributed by atoms with van der Waals surface area (Å²) in [7, 11) is 0. The standard InChI is InChI=1S/C15H22N2O2/c1-11(9-12-3-2-4-14(16)10-12)17-7-5-13(6-8-17)15(18)19/h2-4,10-11,13H,5-9,16H2,1H3,(H,18,19). The van der Waals surface area contributed by atoms with Crippen LogP contribution in [0.3, 0.4) is 0 Å². The van der Waals surface area contributed by atoms with Gasteiger partial charge in [-0.3, -0.25) is 4.79 Å². The summed E-state index contributed by atoms with van der Waals surface area (Å²) in [6.07, 6.45) is 2.48. The molecule has 0 amide bonds. The summed E-state index contributed by atoms with van der Waals surface area (Å²) in [6.45, 7) is 3.95. The second-order valence-electron chi connectivity index (χ2n) is 5.45. The second kappa shape index (κ2) is 6.06. The predicted octanol–water partition coefficient (Wildman–Crippen LogP) is 2.00. The molecule has 0 saturated carbocycles. The zero-order valence-electron chi connectivity index (χ0n) is 11.4. The van der Waals surface area contributed by atoms with Gasteiger partial charge in [-0.15, -0.1) is 0 Å². The first-order chi connectivity index (χ1) is 9.06. The summed E-state index contributed by atoms with van der Waals surface area (Å²) in [6, 6.07) is 8.41. The van der Waals surface area contributed by atoms with E-state index in [0.29, 0.717) is 6.04 Å². The molecule has 1 atom stereocenters. The molecule has 0 aliphatic carbocycles. The molecular formula is C15H22N2O2. The van der Waals surface area contributed by atoms with Crippen molar-refractivity contribution in [3.63, 3.8) is 0 Å². The van der Waals surface area contributed by atoms with Gasteiger partial charge in [-0.05, 0) is 57.0 Å². The minimum absolute atomic E-state index is 0.157. The molecule has 0 bridgehead atoms. The zero-order chi connectivity index (χ0) is 13.8. The SMILES string of the molecule is CC(Cc1cccc(N)c1)N1CCC(C(=O)O)CC1. The van der Waals surface area contributed by atoms with Gasteiger partial charge >= 0.3 is 5.97 Å². The Morgan fingerprint density at radius 2 is 2.16 bits per heavy atom. The lowest BCUT2D eigenvalue weighted by Gasteiger charge is -2.34. The Morgan fingerprint density at radius 1 is 1.47 bits per heavy atom. The molecule has 1 aliphatic heterocycles. The van der Waals surface area contributed by atoms with Crippen LogP contribution in [0.1, 0.15) is 25.3 Å². The van der Waals surface area contributed by atoms with E-state index in [4.69, 9.17) is 10.8 Å². The summed E-state index contributed by atoms with van der Waals surface area (Å²) in [5.41, 5.74) is 7.83. The average Bonchev–Trinajstić information content (AvgIpc) is 2.39. The number of carboxylic acid groups (broad SMARTS) is 1.